The number of nitrogens with one attached hydrogen (secondary N) is 2. The zero-order chi connectivity index (χ0) is 21.3. The van der Waals surface area contributed by atoms with Crippen molar-refractivity contribution in [2.24, 2.45) is 34.6 Å². The van der Waals surface area contributed by atoms with Gasteiger partial charge in [-0.1, -0.05) is 26.0 Å². The second-order valence-corrected chi connectivity index (χ2v) is 10.1. The van der Waals surface area contributed by atoms with Crippen LogP contribution in [0, 0.1) is 29.6 Å². The SMILES string of the molecule is CN=C(NCCCN1C(=O)C2C3C=CC(C3)C2C1=O)NCc1cnc(CC(C)C)s1.I. The number of nitrogens with zero attached hydrogens (tertiary/aromatic N) is 3. The summed E-state index contributed by atoms with van der Waals surface area (Å²) in [4.78, 5) is 36.8. The van der Waals surface area contributed by atoms with Crippen LogP contribution in [-0.2, 0) is 22.6 Å². The zero-order valence-corrected chi connectivity index (χ0v) is 21.5. The van der Waals surface area contributed by atoms with Crippen molar-refractivity contribution < 1.29 is 9.59 Å². The number of rotatable bonds is 8. The Labute approximate surface area is 205 Å². The van der Waals surface area contributed by atoms with Crippen LogP contribution in [0.5, 0.6) is 0 Å². The van der Waals surface area contributed by atoms with Crippen molar-refractivity contribution in [2.45, 2.75) is 39.7 Å². The molecule has 2 heterocycles. The molecule has 0 aromatic carbocycles. The molecule has 0 spiro atoms. The summed E-state index contributed by atoms with van der Waals surface area (Å²) in [5, 5.41) is 7.74. The summed E-state index contributed by atoms with van der Waals surface area (Å²) in [6.07, 6.45) is 8.87. The van der Waals surface area contributed by atoms with Crippen LogP contribution in [0.2, 0.25) is 0 Å². The molecule has 1 aliphatic heterocycles. The van der Waals surface area contributed by atoms with E-state index in [9.17, 15) is 9.59 Å². The van der Waals surface area contributed by atoms with Gasteiger partial charge in [-0.15, -0.1) is 35.3 Å². The van der Waals surface area contributed by atoms with Gasteiger partial charge in [0.25, 0.3) is 0 Å². The van der Waals surface area contributed by atoms with E-state index in [1.165, 1.54) is 9.78 Å². The van der Waals surface area contributed by atoms with E-state index in [0.29, 0.717) is 37.9 Å². The second kappa shape index (κ2) is 10.4. The van der Waals surface area contributed by atoms with Crippen LogP contribution in [0.1, 0.15) is 36.6 Å². The highest BCUT2D eigenvalue weighted by Gasteiger charge is 2.58. The molecule has 3 aliphatic rings. The van der Waals surface area contributed by atoms with Gasteiger partial charge in [0.2, 0.25) is 11.8 Å². The topological polar surface area (TPSA) is 86.7 Å². The average molecular weight is 558 g/mol. The van der Waals surface area contributed by atoms with Crippen molar-refractivity contribution in [3.8, 4) is 0 Å². The Bertz CT molecular complexity index is 838. The number of guanidine groups is 1. The minimum absolute atomic E-state index is 0. The molecule has 1 saturated carbocycles. The predicted molar refractivity (Wildman–Crippen MR) is 133 cm³/mol. The standard InChI is InChI=1S/C22H31N5O2S.HI/c1-13(2)9-17-25-11-16(30-17)12-26-22(23-3)24-7-4-8-27-20(28)18-14-5-6-15(10-14)19(18)21(27)29;/h5-6,11,13-15,18-19H,4,7-10,12H2,1-3H3,(H2,23,24,26);1H. The third-order valence-electron chi connectivity index (χ3n) is 6.25. The number of likely N-dealkylation sites (tertiary alicyclic amines) is 1. The maximum atomic E-state index is 12.7. The van der Waals surface area contributed by atoms with Gasteiger partial charge in [0.1, 0.15) is 0 Å². The van der Waals surface area contributed by atoms with Gasteiger partial charge in [-0.3, -0.25) is 19.5 Å². The van der Waals surface area contributed by atoms with E-state index in [4.69, 9.17) is 0 Å². The van der Waals surface area contributed by atoms with Crippen LogP contribution >= 0.6 is 35.3 Å². The van der Waals surface area contributed by atoms with Gasteiger partial charge in [0.15, 0.2) is 5.96 Å². The molecular weight excluding hydrogens is 525 g/mol. The van der Waals surface area contributed by atoms with Gasteiger partial charge in [0, 0.05) is 37.6 Å². The lowest BCUT2D eigenvalue weighted by Gasteiger charge is -2.17. The van der Waals surface area contributed by atoms with Crippen LogP contribution < -0.4 is 10.6 Å². The molecule has 4 rings (SSSR count). The van der Waals surface area contributed by atoms with Crippen molar-refractivity contribution >= 4 is 53.1 Å². The minimum Gasteiger partial charge on any atom is -0.356 e. The molecule has 2 N–H and O–H groups in total. The number of fused-ring (bicyclic) bond motifs is 5. The highest BCUT2D eigenvalue weighted by atomic mass is 127. The Hall–Kier alpha value is -1.49. The average Bonchev–Trinajstić information content (AvgIpc) is 3.48. The quantitative estimate of drug-likeness (QED) is 0.128. The van der Waals surface area contributed by atoms with Gasteiger partial charge < -0.3 is 10.6 Å². The van der Waals surface area contributed by atoms with Gasteiger partial charge in [-0.05, 0) is 30.6 Å². The normalized spacial score (nSPS) is 26.6. The van der Waals surface area contributed by atoms with E-state index < -0.39 is 0 Å². The fourth-order valence-electron chi connectivity index (χ4n) is 4.89. The number of amides is 2. The third kappa shape index (κ3) is 5.13. The third-order valence-corrected chi connectivity index (χ3v) is 7.27. The second-order valence-electron chi connectivity index (χ2n) is 8.85. The molecule has 1 aromatic heterocycles. The number of aliphatic imine (C=N–C) groups is 1. The lowest BCUT2D eigenvalue weighted by molar-refractivity contribution is -0.140. The van der Waals surface area contributed by atoms with E-state index in [1.807, 2.05) is 6.20 Å². The van der Waals surface area contributed by atoms with Crippen molar-refractivity contribution in [1.29, 1.82) is 0 Å². The summed E-state index contributed by atoms with van der Waals surface area (Å²) in [7, 11) is 1.74. The number of aromatic nitrogens is 1. The van der Waals surface area contributed by atoms with Crippen molar-refractivity contribution in [3.63, 3.8) is 0 Å². The Kier molecular flexibility index (Phi) is 8.12. The summed E-state index contributed by atoms with van der Waals surface area (Å²) in [6, 6.07) is 0. The van der Waals surface area contributed by atoms with E-state index in [-0.39, 0.29) is 59.5 Å². The first-order chi connectivity index (χ1) is 14.5. The maximum Gasteiger partial charge on any atom is 0.233 e. The van der Waals surface area contributed by atoms with Crippen LogP contribution in [0.3, 0.4) is 0 Å². The van der Waals surface area contributed by atoms with Crippen molar-refractivity contribution in [2.75, 3.05) is 20.1 Å². The number of halogens is 1. The molecule has 2 bridgehead atoms. The number of carbonyl (C=O) groups excluding carboxylic acids is 2. The molecule has 7 nitrogen and oxygen atoms in total. The van der Waals surface area contributed by atoms with E-state index in [2.05, 4.69) is 46.6 Å². The number of imide groups is 1. The first-order valence-corrected chi connectivity index (χ1v) is 11.7. The van der Waals surface area contributed by atoms with Crippen molar-refractivity contribution in [3.05, 3.63) is 28.2 Å². The van der Waals surface area contributed by atoms with E-state index in [1.54, 1.807) is 18.4 Å². The Morgan fingerprint density at radius 2 is 1.90 bits per heavy atom. The zero-order valence-electron chi connectivity index (χ0n) is 18.3. The molecule has 9 heteroatoms. The molecule has 2 aliphatic carbocycles. The van der Waals surface area contributed by atoms with E-state index >= 15 is 0 Å². The molecule has 4 unspecified atom stereocenters. The van der Waals surface area contributed by atoms with Crippen LogP contribution in [0.15, 0.2) is 23.3 Å². The number of thiazole rings is 1. The summed E-state index contributed by atoms with van der Waals surface area (Å²) in [5.41, 5.74) is 0. The molecule has 1 saturated heterocycles. The molecule has 4 atom stereocenters. The highest BCUT2D eigenvalue weighted by molar-refractivity contribution is 14.0. The Morgan fingerprint density at radius 3 is 2.52 bits per heavy atom. The molecule has 0 radical (unpaired) electrons. The molecule has 2 fully saturated rings. The monoisotopic (exact) mass is 557 g/mol. The minimum atomic E-state index is -0.102. The van der Waals surface area contributed by atoms with Crippen LogP contribution in [-0.4, -0.2) is 47.8 Å². The summed E-state index contributed by atoms with van der Waals surface area (Å²) < 4.78 is 0. The number of hydrogen-bond donors (Lipinski definition) is 2. The Morgan fingerprint density at radius 1 is 1.23 bits per heavy atom. The fraction of sp³-hybridized carbons (Fsp3) is 0.636. The number of hydrogen-bond acceptors (Lipinski definition) is 5. The van der Waals surface area contributed by atoms with E-state index in [0.717, 1.165) is 17.8 Å². The molecule has 1 aromatic rings. The number of allylic oxidation sites excluding steroid dienone is 2. The Balaban J connectivity index is 0.00000272. The maximum absolute atomic E-state index is 12.7. The van der Waals surface area contributed by atoms with Gasteiger partial charge in [-0.2, -0.15) is 0 Å². The van der Waals surface area contributed by atoms with Gasteiger partial charge in [-0.25, -0.2) is 4.98 Å². The van der Waals surface area contributed by atoms with Gasteiger partial charge in [0.05, 0.1) is 23.4 Å². The molecule has 31 heavy (non-hydrogen) atoms. The fourth-order valence-corrected chi connectivity index (χ4v) is 5.97. The smallest absolute Gasteiger partial charge is 0.233 e. The summed E-state index contributed by atoms with van der Waals surface area (Å²) in [5.74, 6) is 1.73. The number of carbonyl (C=O) groups is 2. The summed E-state index contributed by atoms with van der Waals surface area (Å²) >= 11 is 1.73. The lowest BCUT2D eigenvalue weighted by atomic mass is 9.85. The van der Waals surface area contributed by atoms with Crippen molar-refractivity contribution in [1.82, 2.24) is 20.5 Å². The first kappa shape index (κ1) is 24.2. The molecular formula is C22H32IN5O2S. The summed E-state index contributed by atoms with van der Waals surface area (Å²) in [6.45, 7) is 6.20. The first-order valence-electron chi connectivity index (χ1n) is 10.9. The molecule has 2 amide bonds. The lowest BCUT2D eigenvalue weighted by Crippen LogP contribution is -2.39. The van der Waals surface area contributed by atoms with Gasteiger partial charge >= 0.3 is 0 Å². The molecule has 170 valence electrons. The largest absolute Gasteiger partial charge is 0.356 e. The predicted octanol–water partition coefficient (Wildman–Crippen LogP) is 2.82. The van der Waals surface area contributed by atoms with Crippen LogP contribution in [0.25, 0.3) is 0 Å². The highest BCUT2D eigenvalue weighted by Crippen LogP contribution is 2.52. The van der Waals surface area contributed by atoms with Crippen LogP contribution in [0.4, 0.5) is 0 Å².